The van der Waals surface area contributed by atoms with E-state index in [0.717, 1.165) is 6.26 Å². The van der Waals surface area contributed by atoms with Crippen molar-refractivity contribution in [2.24, 2.45) is 7.05 Å². The van der Waals surface area contributed by atoms with Crippen LogP contribution >= 0.6 is 0 Å². The minimum Gasteiger partial charge on any atom is -0.457 e. The third-order valence-corrected chi connectivity index (χ3v) is 6.40. The van der Waals surface area contributed by atoms with Gasteiger partial charge in [0.05, 0.1) is 5.69 Å². The zero-order valence-corrected chi connectivity index (χ0v) is 21.0. The number of aliphatic hydroxyl groups excluding tert-OH is 1. The second-order valence-corrected chi connectivity index (χ2v) is 10.0. The summed E-state index contributed by atoms with van der Waals surface area (Å²) >= 11 is 0. The average molecular weight is 526 g/mol. The molecule has 2 aromatic carbocycles. The number of aliphatic hydroxyl groups is 1. The molecule has 0 aliphatic rings. The number of nitrogens with one attached hydrogen (secondary N) is 2. The van der Waals surface area contributed by atoms with Gasteiger partial charge in [0.15, 0.2) is 6.23 Å². The molecular weight excluding hydrogens is 501 g/mol. The van der Waals surface area contributed by atoms with Gasteiger partial charge < -0.3 is 25.0 Å². The van der Waals surface area contributed by atoms with Gasteiger partial charge in [0.2, 0.25) is 15.0 Å². The van der Waals surface area contributed by atoms with Gasteiger partial charge in [-0.05, 0) is 54.6 Å². The summed E-state index contributed by atoms with van der Waals surface area (Å²) in [5, 5.41) is 16.1. The van der Waals surface area contributed by atoms with Crippen LogP contribution in [0.2, 0.25) is 0 Å². The second-order valence-electron chi connectivity index (χ2n) is 8.10. The van der Waals surface area contributed by atoms with Crippen LogP contribution in [-0.2, 0) is 16.9 Å². The summed E-state index contributed by atoms with van der Waals surface area (Å²) in [6.45, 7) is 0. The normalized spacial score (nSPS) is 12.1. The molecule has 4 rings (SSSR count). The Kier molecular flexibility index (Phi) is 7.23. The van der Waals surface area contributed by atoms with Crippen molar-refractivity contribution in [2.75, 3.05) is 18.6 Å². The number of aromatic nitrogens is 3. The molecule has 0 radical (unpaired) electrons. The van der Waals surface area contributed by atoms with E-state index in [9.17, 15) is 22.7 Å². The summed E-state index contributed by atoms with van der Waals surface area (Å²) in [6, 6.07) is 15.2. The first-order valence-electron chi connectivity index (χ1n) is 11.0. The Morgan fingerprint density at radius 3 is 2.38 bits per heavy atom. The van der Waals surface area contributed by atoms with Gasteiger partial charge in [-0.1, -0.05) is 0 Å². The van der Waals surface area contributed by atoms with Gasteiger partial charge in [0.1, 0.15) is 28.7 Å². The summed E-state index contributed by atoms with van der Waals surface area (Å²) in [7, 11) is -0.690. The van der Waals surface area contributed by atoms with Crippen molar-refractivity contribution in [3.8, 4) is 22.8 Å². The number of ether oxygens (including phenoxy) is 1. The molecule has 0 spiro atoms. The molecule has 1 amide bonds. The van der Waals surface area contributed by atoms with E-state index in [-0.39, 0.29) is 22.5 Å². The van der Waals surface area contributed by atoms with E-state index in [1.807, 2.05) is 0 Å². The van der Waals surface area contributed by atoms with E-state index >= 15 is 0 Å². The van der Waals surface area contributed by atoms with E-state index < -0.39 is 21.9 Å². The van der Waals surface area contributed by atoms with Crippen LogP contribution in [0.4, 0.5) is 10.1 Å². The van der Waals surface area contributed by atoms with Gasteiger partial charge in [-0.3, -0.25) is 9.78 Å². The summed E-state index contributed by atoms with van der Waals surface area (Å²) in [6.07, 6.45) is 1.10. The Hall–Kier alpha value is -4.29. The van der Waals surface area contributed by atoms with Crippen LogP contribution in [0, 0.1) is 5.82 Å². The van der Waals surface area contributed by atoms with Gasteiger partial charge in [-0.25, -0.2) is 17.8 Å². The maximum absolute atomic E-state index is 13.5. The first kappa shape index (κ1) is 25.8. The number of carbonyl (C=O) groups excluding carboxylic acids is 1. The van der Waals surface area contributed by atoms with E-state index in [1.165, 1.54) is 55.2 Å². The molecule has 10 nitrogen and oxygen atoms in total. The number of benzene rings is 2. The molecule has 0 saturated heterocycles. The third-order valence-electron chi connectivity index (χ3n) is 5.37. The predicted octanol–water partition coefficient (Wildman–Crippen LogP) is 3.28. The highest BCUT2D eigenvalue weighted by Gasteiger charge is 2.26. The lowest BCUT2D eigenvalue weighted by Gasteiger charge is -2.15. The van der Waals surface area contributed by atoms with Crippen molar-refractivity contribution >= 4 is 21.4 Å². The number of halogens is 1. The smallest absolute Gasteiger partial charge is 0.269 e. The Balaban J connectivity index is 1.57. The molecule has 2 heterocycles. The maximum Gasteiger partial charge on any atom is 0.269 e. The summed E-state index contributed by atoms with van der Waals surface area (Å²) in [4.78, 5) is 19.9. The van der Waals surface area contributed by atoms with Gasteiger partial charge in [0, 0.05) is 43.9 Å². The maximum atomic E-state index is 13.5. The van der Waals surface area contributed by atoms with Crippen LogP contribution in [-0.4, -0.2) is 47.3 Å². The fraction of sp³-hybridized carbons (Fsp3) is 0.160. The van der Waals surface area contributed by atoms with E-state index in [2.05, 4.69) is 20.6 Å². The number of sulfone groups is 1. The Morgan fingerprint density at radius 2 is 1.76 bits per heavy atom. The number of hydrogen-bond donors (Lipinski definition) is 3. The molecule has 1 atom stereocenters. The molecule has 0 fully saturated rings. The van der Waals surface area contributed by atoms with Crippen molar-refractivity contribution in [1.82, 2.24) is 19.9 Å². The minimum atomic E-state index is -3.71. The number of rotatable bonds is 8. The number of amides is 1. The van der Waals surface area contributed by atoms with Crippen molar-refractivity contribution in [2.45, 2.75) is 11.4 Å². The van der Waals surface area contributed by atoms with E-state index in [0.29, 0.717) is 28.4 Å². The van der Waals surface area contributed by atoms with Crippen molar-refractivity contribution < 1.29 is 27.4 Å². The Labute approximate surface area is 212 Å². The molecule has 192 valence electrons. The van der Waals surface area contributed by atoms with Crippen molar-refractivity contribution in [3.05, 3.63) is 84.1 Å². The highest BCUT2D eigenvalue weighted by atomic mass is 32.2. The molecule has 2 aromatic heterocycles. The zero-order valence-electron chi connectivity index (χ0n) is 20.1. The van der Waals surface area contributed by atoms with Crippen molar-refractivity contribution in [1.29, 1.82) is 0 Å². The molecule has 37 heavy (non-hydrogen) atoms. The summed E-state index contributed by atoms with van der Waals surface area (Å²) < 4.78 is 45.1. The standard InChI is InChI=1S/C25H24FN5O5S/c1-27-23(32)20-14-19(12-13-28-20)36-18-10-8-17(9-11-18)29-24(33)21-22(15-4-6-16(26)7-5-15)31(2)25(30-21)37(3,34)35/h4-14,24,29,33H,1-3H3,(H,27,32). The molecule has 12 heteroatoms. The molecule has 3 N–H and O–H groups in total. The molecular formula is C25H24FN5O5S. The number of pyridine rings is 1. The topological polar surface area (TPSA) is 135 Å². The van der Waals surface area contributed by atoms with E-state index in [4.69, 9.17) is 4.74 Å². The van der Waals surface area contributed by atoms with Crippen molar-refractivity contribution in [3.63, 3.8) is 0 Å². The second kappa shape index (κ2) is 10.4. The number of hydrogen-bond acceptors (Lipinski definition) is 8. The van der Waals surface area contributed by atoms with Gasteiger partial charge in [-0.15, -0.1) is 0 Å². The van der Waals surface area contributed by atoms with Gasteiger partial charge in [-0.2, -0.15) is 0 Å². The molecule has 1 unspecified atom stereocenters. The lowest BCUT2D eigenvalue weighted by molar-refractivity contribution is 0.0957. The van der Waals surface area contributed by atoms with E-state index in [1.54, 1.807) is 30.3 Å². The lowest BCUT2D eigenvalue weighted by atomic mass is 10.1. The van der Waals surface area contributed by atoms with Crippen LogP contribution in [0.1, 0.15) is 22.4 Å². The minimum absolute atomic E-state index is 0.0633. The first-order valence-corrected chi connectivity index (χ1v) is 12.9. The highest BCUT2D eigenvalue weighted by Crippen LogP contribution is 2.32. The number of carbonyl (C=O) groups is 1. The van der Waals surface area contributed by atoms with Crippen LogP contribution in [0.3, 0.4) is 0 Å². The highest BCUT2D eigenvalue weighted by molar-refractivity contribution is 7.90. The largest absolute Gasteiger partial charge is 0.457 e. The first-order chi connectivity index (χ1) is 17.6. The Morgan fingerprint density at radius 1 is 1.08 bits per heavy atom. The van der Waals surface area contributed by atoms with Crippen LogP contribution in [0.5, 0.6) is 11.5 Å². The SMILES string of the molecule is CNC(=O)c1cc(Oc2ccc(NC(O)c3nc(S(C)(=O)=O)n(C)c3-c3ccc(F)cc3)cc2)ccn1. The summed E-state index contributed by atoms with van der Waals surface area (Å²) in [5.41, 5.74) is 1.58. The third kappa shape index (κ3) is 5.76. The molecule has 0 saturated carbocycles. The molecule has 0 bridgehead atoms. The fourth-order valence-corrected chi connectivity index (χ4v) is 4.53. The predicted molar refractivity (Wildman–Crippen MR) is 134 cm³/mol. The Bertz CT molecular complexity index is 1540. The molecule has 0 aliphatic heterocycles. The molecule has 0 aliphatic carbocycles. The van der Waals surface area contributed by atoms with Gasteiger partial charge in [0.25, 0.3) is 5.91 Å². The number of anilines is 1. The molecule has 4 aromatic rings. The lowest BCUT2D eigenvalue weighted by Crippen LogP contribution is -2.18. The van der Waals surface area contributed by atoms with Crippen LogP contribution in [0.25, 0.3) is 11.3 Å². The number of nitrogens with zero attached hydrogens (tertiary/aromatic N) is 3. The van der Waals surface area contributed by atoms with Crippen LogP contribution in [0.15, 0.2) is 72.0 Å². The monoisotopic (exact) mass is 525 g/mol. The van der Waals surface area contributed by atoms with Crippen LogP contribution < -0.4 is 15.4 Å². The fourth-order valence-electron chi connectivity index (χ4n) is 3.68. The quantitative estimate of drug-likeness (QED) is 0.298. The number of imidazole rings is 1. The van der Waals surface area contributed by atoms with Gasteiger partial charge >= 0.3 is 0 Å². The average Bonchev–Trinajstić information content (AvgIpc) is 3.23. The zero-order chi connectivity index (χ0) is 26.7. The summed E-state index contributed by atoms with van der Waals surface area (Å²) in [5.74, 6) is 0.0966.